The highest BCUT2D eigenvalue weighted by molar-refractivity contribution is 5.85. The van der Waals surface area contributed by atoms with E-state index in [1.54, 1.807) is 18.5 Å². The van der Waals surface area contributed by atoms with E-state index in [1.165, 1.54) is 0 Å². The summed E-state index contributed by atoms with van der Waals surface area (Å²) in [5, 5.41) is 0. The van der Waals surface area contributed by atoms with Crippen LogP contribution in [0.15, 0.2) is 17.3 Å². The van der Waals surface area contributed by atoms with E-state index in [2.05, 4.69) is 4.99 Å². The van der Waals surface area contributed by atoms with Crippen LogP contribution < -0.4 is 0 Å². The SMILES string of the molecule is O=CC1C=CN=C1. The van der Waals surface area contributed by atoms with Gasteiger partial charge in [-0.05, 0) is 0 Å². The number of rotatable bonds is 1. The van der Waals surface area contributed by atoms with E-state index in [9.17, 15) is 4.79 Å². The molecule has 2 heteroatoms. The minimum atomic E-state index is -0.0556. The van der Waals surface area contributed by atoms with Crippen LogP contribution in [0.4, 0.5) is 0 Å². The third-order valence-corrected chi connectivity index (χ3v) is 0.810. The Balaban J connectivity index is 2.59. The lowest BCUT2D eigenvalue weighted by atomic mass is 10.2. The van der Waals surface area contributed by atoms with E-state index in [1.807, 2.05) is 0 Å². The first-order valence-corrected chi connectivity index (χ1v) is 2.09. The molecule has 0 aliphatic carbocycles. The number of hydrogen-bond acceptors (Lipinski definition) is 2. The lowest BCUT2D eigenvalue weighted by Gasteiger charge is -1.80. The minimum absolute atomic E-state index is 0.0556. The van der Waals surface area contributed by atoms with Gasteiger partial charge in [-0.3, -0.25) is 4.99 Å². The summed E-state index contributed by atoms with van der Waals surface area (Å²) in [6, 6.07) is 0. The first-order valence-electron chi connectivity index (χ1n) is 2.09. The molecule has 0 aromatic heterocycles. The van der Waals surface area contributed by atoms with Gasteiger partial charge in [0.05, 0.1) is 5.92 Å². The van der Waals surface area contributed by atoms with Crippen LogP contribution in [0, 0.1) is 5.92 Å². The third-order valence-electron chi connectivity index (χ3n) is 0.810. The molecular weight excluding hydrogens is 90.1 g/mol. The van der Waals surface area contributed by atoms with Crippen LogP contribution in [0.25, 0.3) is 0 Å². The zero-order valence-electron chi connectivity index (χ0n) is 3.74. The van der Waals surface area contributed by atoms with E-state index in [0.717, 1.165) is 6.29 Å². The first-order chi connectivity index (χ1) is 3.43. The summed E-state index contributed by atoms with van der Waals surface area (Å²) in [5.41, 5.74) is 0. The molecule has 0 saturated heterocycles. The van der Waals surface area contributed by atoms with E-state index < -0.39 is 0 Å². The highest BCUT2D eigenvalue weighted by Crippen LogP contribution is 1.96. The Morgan fingerprint density at radius 2 is 2.57 bits per heavy atom. The lowest BCUT2D eigenvalue weighted by molar-refractivity contribution is -0.108. The normalized spacial score (nSPS) is 26.0. The molecule has 7 heavy (non-hydrogen) atoms. The van der Waals surface area contributed by atoms with Crippen molar-refractivity contribution in [2.24, 2.45) is 10.9 Å². The van der Waals surface area contributed by atoms with Gasteiger partial charge in [0.2, 0.25) is 0 Å². The van der Waals surface area contributed by atoms with Gasteiger partial charge in [-0.25, -0.2) is 0 Å². The Labute approximate surface area is 41.6 Å². The second-order valence-corrected chi connectivity index (χ2v) is 1.35. The third kappa shape index (κ3) is 0.738. The molecule has 2 nitrogen and oxygen atoms in total. The molecule has 1 rings (SSSR count). The van der Waals surface area contributed by atoms with Crippen molar-refractivity contribution >= 4 is 12.5 Å². The maximum Gasteiger partial charge on any atom is 0.132 e. The molecule has 0 saturated carbocycles. The van der Waals surface area contributed by atoms with Gasteiger partial charge >= 0.3 is 0 Å². The van der Waals surface area contributed by atoms with Gasteiger partial charge in [-0.1, -0.05) is 6.08 Å². The minimum Gasteiger partial charge on any atom is -0.302 e. The molecule has 1 atom stereocenters. The Hall–Kier alpha value is -0.920. The van der Waals surface area contributed by atoms with Crippen molar-refractivity contribution in [3.63, 3.8) is 0 Å². The van der Waals surface area contributed by atoms with Gasteiger partial charge in [0.15, 0.2) is 0 Å². The van der Waals surface area contributed by atoms with Gasteiger partial charge in [0, 0.05) is 12.4 Å². The van der Waals surface area contributed by atoms with Gasteiger partial charge < -0.3 is 4.79 Å². The van der Waals surface area contributed by atoms with Crippen LogP contribution in [0.2, 0.25) is 0 Å². The molecule has 0 bridgehead atoms. The summed E-state index contributed by atoms with van der Waals surface area (Å²) < 4.78 is 0. The smallest absolute Gasteiger partial charge is 0.132 e. The van der Waals surface area contributed by atoms with Crippen molar-refractivity contribution in [2.75, 3.05) is 0 Å². The van der Waals surface area contributed by atoms with Crippen molar-refractivity contribution in [3.05, 3.63) is 12.3 Å². The van der Waals surface area contributed by atoms with Crippen molar-refractivity contribution < 1.29 is 4.79 Å². The Bertz CT molecular complexity index is 114. The van der Waals surface area contributed by atoms with E-state index in [-0.39, 0.29) is 5.92 Å². The van der Waals surface area contributed by atoms with Crippen LogP contribution >= 0.6 is 0 Å². The zero-order valence-corrected chi connectivity index (χ0v) is 3.74. The summed E-state index contributed by atoms with van der Waals surface area (Å²) in [7, 11) is 0. The standard InChI is InChI=1S/C5H5NO/c7-4-5-1-2-6-3-5/h1-5H. The van der Waals surface area contributed by atoms with Gasteiger partial charge in [0.1, 0.15) is 6.29 Å². The average molecular weight is 95.1 g/mol. The monoisotopic (exact) mass is 95.0 g/mol. The molecule has 36 valence electrons. The largest absolute Gasteiger partial charge is 0.302 e. The van der Waals surface area contributed by atoms with Crippen LogP contribution in [0.1, 0.15) is 0 Å². The van der Waals surface area contributed by atoms with Crippen molar-refractivity contribution in [3.8, 4) is 0 Å². The number of aldehydes is 1. The van der Waals surface area contributed by atoms with Crippen molar-refractivity contribution in [1.29, 1.82) is 0 Å². The van der Waals surface area contributed by atoms with E-state index in [4.69, 9.17) is 0 Å². The molecular formula is C5H5NO. The van der Waals surface area contributed by atoms with Crippen LogP contribution in [-0.2, 0) is 4.79 Å². The topological polar surface area (TPSA) is 29.4 Å². The summed E-state index contributed by atoms with van der Waals surface area (Å²) in [6.45, 7) is 0. The van der Waals surface area contributed by atoms with Crippen LogP contribution in [0.5, 0.6) is 0 Å². The Morgan fingerprint density at radius 3 is 2.86 bits per heavy atom. The quantitative estimate of drug-likeness (QED) is 0.433. The first kappa shape index (κ1) is 4.24. The number of allylic oxidation sites excluding steroid dienone is 1. The molecule has 0 N–H and O–H groups in total. The number of hydrogen-bond donors (Lipinski definition) is 0. The molecule has 1 unspecified atom stereocenters. The second-order valence-electron chi connectivity index (χ2n) is 1.35. The molecule has 0 aromatic carbocycles. The predicted octanol–water partition coefficient (Wildman–Crippen LogP) is 0.400. The average Bonchev–Trinajstić information content (AvgIpc) is 2.14. The molecule has 1 aliphatic heterocycles. The lowest BCUT2D eigenvalue weighted by Crippen LogP contribution is -1.93. The van der Waals surface area contributed by atoms with Crippen molar-refractivity contribution in [2.45, 2.75) is 0 Å². The summed E-state index contributed by atoms with van der Waals surface area (Å²) >= 11 is 0. The summed E-state index contributed by atoms with van der Waals surface area (Å²) in [6.07, 6.45) is 5.83. The fourth-order valence-electron chi connectivity index (χ4n) is 0.428. The van der Waals surface area contributed by atoms with Gasteiger partial charge in [0.25, 0.3) is 0 Å². The fourth-order valence-corrected chi connectivity index (χ4v) is 0.428. The van der Waals surface area contributed by atoms with E-state index in [0.29, 0.717) is 0 Å². The molecule has 0 aromatic rings. The van der Waals surface area contributed by atoms with Crippen LogP contribution in [-0.4, -0.2) is 12.5 Å². The molecule has 0 radical (unpaired) electrons. The molecule has 1 heterocycles. The van der Waals surface area contributed by atoms with Gasteiger partial charge in [-0.15, -0.1) is 0 Å². The molecule has 0 spiro atoms. The summed E-state index contributed by atoms with van der Waals surface area (Å²) in [4.78, 5) is 13.6. The predicted molar refractivity (Wildman–Crippen MR) is 27.2 cm³/mol. The second kappa shape index (κ2) is 1.69. The molecule has 0 fully saturated rings. The zero-order chi connectivity index (χ0) is 5.11. The molecule has 1 aliphatic rings. The maximum atomic E-state index is 9.86. The Morgan fingerprint density at radius 1 is 1.71 bits per heavy atom. The van der Waals surface area contributed by atoms with Crippen LogP contribution in [0.3, 0.4) is 0 Å². The number of carbonyl (C=O) groups excluding carboxylic acids is 1. The highest BCUT2D eigenvalue weighted by Gasteiger charge is 1.98. The summed E-state index contributed by atoms with van der Waals surface area (Å²) in [5.74, 6) is -0.0556. The van der Waals surface area contributed by atoms with E-state index >= 15 is 0 Å². The number of carbonyl (C=O) groups is 1. The molecule has 0 amide bonds. The van der Waals surface area contributed by atoms with Gasteiger partial charge in [-0.2, -0.15) is 0 Å². The number of nitrogens with zero attached hydrogens (tertiary/aromatic N) is 1. The Kier molecular flexibility index (Phi) is 1.02. The van der Waals surface area contributed by atoms with Crippen molar-refractivity contribution in [1.82, 2.24) is 0 Å². The number of aliphatic imine (C=N–C) groups is 1. The fraction of sp³-hybridized carbons (Fsp3) is 0.200. The maximum absolute atomic E-state index is 9.86. The highest BCUT2D eigenvalue weighted by atomic mass is 16.1.